The Bertz CT molecular complexity index is 485. The van der Waals surface area contributed by atoms with Crippen LogP contribution in [-0.2, 0) is 0 Å². The lowest BCUT2D eigenvalue weighted by molar-refractivity contribution is -0.384. The Balaban J connectivity index is 2.58. The van der Waals surface area contributed by atoms with E-state index in [9.17, 15) is 10.1 Å². The molecule has 15 heavy (non-hydrogen) atoms. The van der Waals surface area contributed by atoms with Crippen LogP contribution in [0.1, 0.15) is 0 Å². The van der Waals surface area contributed by atoms with E-state index >= 15 is 0 Å². The van der Waals surface area contributed by atoms with Crippen LogP contribution >= 0.6 is 0 Å². The number of nitro groups is 1. The van der Waals surface area contributed by atoms with Gasteiger partial charge in [-0.1, -0.05) is 6.07 Å². The highest BCUT2D eigenvalue weighted by molar-refractivity contribution is 5.68. The Morgan fingerprint density at radius 2 is 2.13 bits per heavy atom. The third kappa shape index (κ3) is 1.80. The molecule has 0 aliphatic heterocycles. The Morgan fingerprint density at radius 1 is 1.27 bits per heavy atom. The van der Waals surface area contributed by atoms with Crippen molar-refractivity contribution in [1.82, 2.24) is 9.97 Å². The molecule has 0 aromatic carbocycles. The van der Waals surface area contributed by atoms with Gasteiger partial charge in [-0.25, -0.2) is 4.98 Å². The Kier molecular flexibility index (Phi) is 2.37. The molecule has 0 fully saturated rings. The molecule has 73 valence electrons. The molecule has 0 spiro atoms. The number of nitrogens with zero attached hydrogens (tertiary/aromatic N) is 3. The first-order chi connectivity index (χ1) is 7.29. The Labute approximate surface area is 85.6 Å². The maximum atomic E-state index is 10.7. The fourth-order valence-electron chi connectivity index (χ4n) is 1.22. The van der Waals surface area contributed by atoms with E-state index in [-0.39, 0.29) is 5.69 Å². The van der Waals surface area contributed by atoms with Gasteiger partial charge < -0.3 is 0 Å². The van der Waals surface area contributed by atoms with E-state index in [1.54, 1.807) is 30.5 Å². The standard InChI is InChI=1S/C10H6N3O2/c14-13(15)10-7-11-6-4-8(10)9-3-1-2-5-12-9/h1-6H. The van der Waals surface area contributed by atoms with Crippen LogP contribution < -0.4 is 0 Å². The molecule has 5 heteroatoms. The normalized spacial score (nSPS) is 9.87. The largest absolute Gasteiger partial charge is 0.306 e. The quantitative estimate of drug-likeness (QED) is 0.548. The SMILES string of the molecule is O=[N+]([O-])c1[c]nccc1-c1ccccn1. The van der Waals surface area contributed by atoms with Gasteiger partial charge in [0.15, 0.2) is 6.20 Å². The molecule has 0 aliphatic carbocycles. The minimum atomic E-state index is -0.517. The average Bonchev–Trinajstić information content (AvgIpc) is 2.30. The van der Waals surface area contributed by atoms with Crippen LogP contribution in [0.2, 0.25) is 0 Å². The predicted octanol–water partition coefficient (Wildman–Crippen LogP) is 1.85. The zero-order chi connectivity index (χ0) is 10.7. The third-order valence-electron chi connectivity index (χ3n) is 1.86. The molecule has 5 nitrogen and oxygen atoms in total. The molecule has 2 heterocycles. The lowest BCUT2D eigenvalue weighted by atomic mass is 10.1. The van der Waals surface area contributed by atoms with Crippen LogP contribution in [0.15, 0.2) is 36.7 Å². The molecule has 2 rings (SSSR count). The Morgan fingerprint density at radius 3 is 2.80 bits per heavy atom. The summed E-state index contributed by atoms with van der Waals surface area (Å²) in [6.45, 7) is 0. The first-order valence-corrected chi connectivity index (χ1v) is 4.21. The lowest BCUT2D eigenvalue weighted by Crippen LogP contribution is -1.94. The fourth-order valence-corrected chi connectivity index (χ4v) is 1.22. The molecule has 2 aromatic heterocycles. The molecular weight excluding hydrogens is 194 g/mol. The molecule has 0 saturated carbocycles. The molecule has 0 atom stereocenters. The minimum Gasteiger partial charge on any atom is -0.258 e. The highest BCUT2D eigenvalue weighted by Gasteiger charge is 2.15. The fraction of sp³-hybridized carbons (Fsp3) is 0. The molecule has 0 bridgehead atoms. The zero-order valence-corrected chi connectivity index (χ0v) is 7.62. The van der Waals surface area contributed by atoms with E-state index in [0.29, 0.717) is 11.3 Å². The second-order valence-electron chi connectivity index (χ2n) is 2.79. The molecule has 0 N–H and O–H groups in total. The topological polar surface area (TPSA) is 68.9 Å². The van der Waals surface area contributed by atoms with E-state index < -0.39 is 4.92 Å². The van der Waals surface area contributed by atoms with Crippen molar-refractivity contribution in [1.29, 1.82) is 0 Å². The van der Waals surface area contributed by atoms with Crippen molar-refractivity contribution in [3.63, 3.8) is 0 Å². The second-order valence-corrected chi connectivity index (χ2v) is 2.79. The monoisotopic (exact) mass is 200 g/mol. The number of hydrogen-bond acceptors (Lipinski definition) is 4. The molecule has 0 amide bonds. The van der Waals surface area contributed by atoms with E-state index in [4.69, 9.17) is 0 Å². The van der Waals surface area contributed by atoms with Gasteiger partial charge in [0.05, 0.1) is 16.2 Å². The summed E-state index contributed by atoms with van der Waals surface area (Å²) in [7, 11) is 0. The summed E-state index contributed by atoms with van der Waals surface area (Å²) < 4.78 is 0. The van der Waals surface area contributed by atoms with Crippen LogP contribution in [0, 0.1) is 16.3 Å². The smallest absolute Gasteiger partial charge is 0.258 e. The summed E-state index contributed by atoms with van der Waals surface area (Å²) in [4.78, 5) is 17.8. The van der Waals surface area contributed by atoms with Crippen molar-refractivity contribution in [2.45, 2.75) is 0 Å². The number of rotatable bonds is 2. The summed E-state index contributed by atoms with van der Waals surface area (Å²) >= 11 is 0. The van der Waals surface area contributed by atoms with E-state index in [2.05, 4.69) is 16.2 Å². The summed E-state index contributed by atoms with van der Waals surface area (Å²) in [5.74, 6) is 0. The number of hydrogen-bond donors (Lipinski definition) is 0. The number of pyridine rings is 2. The average molecular weight is 200 g/mol. The van der Waals surface area contributed by atoms with Gasteiger partial charge in [0, 0.05) is 12.4 Å². The van der Waals surface area contributed by atoms with Crippen LogP contribution in [0.5, 0.6) is 0 Å². The van der Waals surface area contributed by atoms with Gasteiger partial charge in [-0.05, 0) is 18.2 Å². The third-order valence-corrected chi connectivity index (χ3v) is 1.86. The number of aromatic nitrogens is 2. The van der Waals surface area contributed by atoms with Crippen LogP contribution in [0.4, 0.5) is 5.69 Å². The molecular formula is C10H6N3O2. The molecule has 0 saturated heterocycles. The lowest BCUT2D eigenvalue weighted by Gasteiger charge is -1.99. The van der Waals surface area contributed by atoms with Gasteiger partial charge >= 0.3 is 5.69 Å². The van der Waals surface area contributed by atoms with Crippen LogP contribution in [0.25, 0.3) is 11.3 Å². The molecule has 1 radical (unpaired) electrons. The van der Waals surface area contributed by atoms with Gasteiger partial charge in [0.2, 0.25) is 0 Å². The van der Waals surface area contributed by atoms with Crippen molar-refractivity contribution in [3.8, 4) is 11.3 Å². The maximum absolute atomic E-state index is 10.7. The predicted molar refractivity (Wildman–Crippen MR) is 53.0 cm³/mol. The van der Waals surface area contributed by atoms with Gasteiger partial charge in [-0.2, -0.15) is 0 Å². The van der Waals surface area contributed by atoms with Gasteiger partial charge in [-0.3, -0.25) is 15.1 Å². The zero-order valence-electron chi connectivity index (χ0n) is 7.62. The highest BCUT2D eigenvalue weighted by atomic mass is 16.6. The van der Waals surface area contributed by atoms with Crippen molar-refractivity contribution >= 4 is 5.69 Å². The van der Waals surface area contributed by atoms with E-state index in [1.165, 1.54) is 6.20 Å². The van der Waals surface area contributed by atoms with Gasteiger partial charge in [-0.15, -0.1) is 0 Å². The minimum absolute atomic E-state index is 0.156. The van der Waals surface area contributed by atoms with E-state index in [1.807, 2.05) is 0 Å². The van der Waals surface area contributed by atoms with E-state index in [0.717, 1.165) is 0 Å². The molecule has 0 unspecified atom stereocenters. The molecule has 2 aromatic rings. The Hall–Kier alpha value is -2.30. The first-order valence-electron chi connectivity index (χ1n) is 4.21. The van der Waals surface area contributed by atoms with Crippen molar-refractivity contribution < 1.29 is 4.92 Å². The van der Waals surface area contributed by atoms with Crippen LogP contribution in [0.3, 0.4) is 0 Å². The van der Waals surface area contributed by atoms with Gasteiger partial charge in [0.25, 0.3) is 0 Å². The van der Waals surface area contributed by atoms with Crippen LogP contribution in [-0.4, -0.2) is 14.9 Å². The van der Waals surface area contributed by atoms with Crippen molar-refractivity contribution in [3.05, 3.63) is 53.0 Å². The van der Waals surface area contributed by atoms with Gasteiger partial charge in [0.1, 0.15) is 0 Å². The van der Waals surface area contributed by atoms with Crippen molar-refractivity contribution in [2.75, 3.05) is 0 Å². The highest BCUT2D eigenvalue weighted by Crippen LogP contribution is 2.25. The summed E-state index contributed by atoms with van der Waals surface area (Å²) in [5, 5.41) is 10.7. The molecule has 0 aliphatic rings. The summed E-state index contributed by atoms with van der Waals surface area (Å²) in [6.07, 6.45) is 5.38. The second kappa shape index (κ2) is 3.83. The maximum Gasteiger partial charge on any atom is 0.306 e. The van der Waals surface area contributed by atoms with Crippen molar-refractivity contribution in [2.24, 2.45) is 0 Å². The first kappa shape index (κ1) is 9.26. The summed E-state index contributed by atoms with van der Waals surface area (Å²) in [6, 6.07) is 6.78. The summed E-state index contributed by atoms with van der Waals surface area (Å²) in [5.41, 5.74) is 0.814.